The van der Waals surface area contributed by atoms with E-state index in [0.29, 0.717) is 5.57 Å². The molecule has 4 heteroatoms. The molecular formula is C15H14N2O2. The molecule has 1 aromatic rings. The molecule has 1 aliphatic carbocycles. The summed E-state index contributed by atoms with van der Waals surface area (Å²) in [6.07, 6.45) is 6.80. The van der Waals surface area contributed by atoms with Crippen molar-refractivity contribution < 1.29 is 9.59 Å². The Morgan fingerprint density at radius 2 is 1.79 bits per heavy atom. The Hall–Kier alpha value is -2.62. The van der Waals surface area contributed by atoms with Gasteiger partial charge in [-0.05, 0) is 11.1 Å². The molecule has 1 aromatic carbocycles. The number of primary amides is 2. The van der Waals surface area contributed by atoms with Gasteiger partial charge in [0.25, 0.3) is 0 Å². The minimum absolute atomic E-state index is 0.220. The van der Waals surface area contributed by atoms with E-state index < -0.39 is 17.7 Å². The van der Waals surface area contributed by atoms with Gasteiger partial charge in [0.15, 0.2) is 0 Å². The van der Waals surface area contributed by atoms with Gasteiger partial charge >= 0.3 is 0 Å². The summed E-state index contributed by atoms with van der Waals surface area (Å²) >= 11 is 0. The van der Waals surface area contributed by atoms with Crippen LogP contribution in [-0.2, 0) is 9.59 Å². The van der Waals surface area contributed by atoms with Crippen LogP contribution < -0.4 is 11.5 Å². The minimum atomic E-state index is -0.789. The van der Waals surface area contributed by atoms with E-state index >= 15 is 0 Å². The zero-order chi connectivity index (χ0) is 13.8. The van der Waals surface area contributed by atoms with Gasteiger partial charge in [-0.15, -0.1) is 0 Å². The van der Waals surface area contributed by atoms with Crippen molar-refractivity contribution in [2.45, 2.75) is 0 Å². The fourth-order valence-electron chi connectivity index (χ4n) is 2.05. The number of carbonyl (C=O) groups is 2. The van der Waals surface area contributed by atoms with Crippen molar-refractivity contribution in [3.63, 3.8) is 0 Å². The minimum Gasteiger partial charge on any atom is -0.369 e. The van der Waals surface area contributed by atoms with Crippen LogP contribution in [0.5, 0.6) is 0 Å². The molecule has 1 aliphatic rings. The second-order valence-electron chi connectivity index (χ2n) is 4.24. The van der Waals surface area contributed by atoms with Crippen molar-refractivity contribution in [1.82, 2.24) is 0 Å². The first-order valence-corrected chi connectivity index (χ1v) is 5.83. The maximum atomic E-state index is 11.6. The fourth-order valence-corrected chi connectivity index (χ4v) is 2.05. The molecule has 4 N–H and O–H groups in total. The average Bonchev–Trinajstić information content (AvgIpc) is 2.39. The van der Waals surface area contributed by atoms with E-state index in [4.69, 9.17) is 11.5 Å². The molecule has 0 heterocycles. The summed E-state index contributed by atoms with van der Waals surface area (Å²) in [5, 5.41) is 0. The SMILES string of the molecule is NC(=O)C1=CC=CC(=Cc2ccccc2)C1C(N)=O. The van der Waals surface area contributed by atoms with E-state index in [1.165, 1.54) is 6.08 Å². The van der Waals surface area contributed by atoms with Crippen LogP contribution in [0.25, 0.3) is 6.08 Å². The van der Waals surface area contributed by atoms with Crippen LogP contribution in [0.1, 0.15) is 5.56 Å². The lowest BCUT2D eigenvalue weighted by molar-refractivity contribution is -0.122. The average molecular weight is 254 g/mol. The first-order chi connectivity index (χ1) is 9.09. The van der Waals surface area contributed by atoms with Crippen LogP contribution >= 0.6 is 0 Å². The summed E-state index contributed by atoms with van der Waals surface area (Å²) in [6.45, 7) is 0. The molecule has 1 unspecified atom stereocenters. The van der Waals surface area contributed by atoms with E-state index in [9.17, 15) is 9.59 Å². The summed E-state index contributed by atoms with van der Waals surface area (Å²) in [4.78, 5) is 22.9. The highest BCUT2D eigenvalue weighted by Crippen LogP contribution is 2.27. The second-order valence-corrected chi connectivity index (χ2v) is 4.24. The van der Waals surface area contributed by atoms with E-state index in [0.717, 1.165) is 5.56 Å². The third-order valence-electron chi connectivity index (χ3n) is 2.91. The van der Waals surface area contributed by atoms with E-state index in [1.54, 1.807) is 12.2 Å². The Bertz CT molecular complexity index is 598. The van der Waals surface area contributed by atoms with Gasteiger partial charge in [-0.2, -0.15) is 0 Å². The molecule has 0 bridgehead atoms. The molecule has 0 spiro atoms. The quantitative estimate of drug-likeness (QED) is 0.847. The number of amides is 2. The molecule has 0 aromatic heterocycles. The fraction of sp³-hybridized carbons (Fsp3) is 0.0667. The predicted octanol–water partition coefficient (Wildman–Crippen LogP) is 1.15. The highest BCUT2D eigenvalue weighted by Gasteiger charge is 2.28. The summed E-state index contributed by atoms with van der Waals surface area (Å²) in [6, 6.07) is 9.49. The normalized spacial score (nSPS) is 20.1. The molecule has 96 valence electrons. The Kier molecular flexibility index (Phi) is 3.61. The molecule has 4 nitrogen and oxygen atoms in total. The van der Waals surface area contributed by atoms with Gasteiger partial charge in [0, 0.05) is 5.57 Å². The monoisotopic (exact) mass is 254 g/mol. The van der Waals surface area contributed by atoms with Crippen molar-refractivity contribution in [3.8, 4) is 0 Å². The number of allylic oxidation sites excluding steroid dienone is 3. The summed E-state index contributed by atoms with van der Waals surface area (Å²) in [5.41, 5.74) is 12.5. The van der Waals surface area contributed by atoms with Crippen LogP contribution in [0, 0.1) is 5.92 Å². The van der Waals surface area contributed by atoms with Crippen LogP contribution in [0.4, 0.5) is 0 Å². The summed E-state index contributed by atoms with van der Waals surface area (Å²) < 4.78 is 0. The Morgan fingerprint density at radius 3 is 2.37 bits per heavy atom. The third-order valence-corrected chi connectivity index (χ3v) is 2.91. The molecule has 1 atom stereocenters. The zero-order valence-corrected chi connectivity index (χ0v) is 10.2. The summed E-state index contributed by atoms with van der Waals surface area (Å²) in [5.74, 6) is -2.01. The second kappa shape index (κ2) is 5.35. The van der Waals surface area contributed by atoms with Crippen molar-refractivity contribution >= 4 is 17.9 Å². The molecule has 0 saturated carbocycles. The lowest BCUT2D eigenvalue weighted by atomic mass is 9.85. The van der Waals surface area contributed by atoms with Gasteiger partial charge < -0.3 is 11.5 Å². The Labute approximate surface area is 111 Å². The lowest BCUT2D eigenvalue weighted by Gasteiger charge is -2.19. The van der Waals surface area contributed by atoms with E-state index in [-0.39, 0.29) is 5.57 Å². The van der Waals surface area contributed by atoms with Crippen molar-refractivity contribution in [2.24, 2.45) is 17.4 Å². The van der Waals surface area contributed by atoms with Gasteiger partial charge in [0.2, 0.25) is 11.8 Å². The maximum Gasteiger partial charge on any atom is 0.245 e. The van der Waals surface area contributed by atoms with Crippen LogP contribution in [0.3, 0.4) is 0 Å². The number of nitrogens with two attached hydrogens (primary N) is 2. The molecule has 2 amide bonds. The van der Waals surface area contributed by atoms with Crippen LogP contribution in [0.15, 0.2) is 59.7 Å². The van der Waals surface area contributed by atoms with Gasteiger partial charge in [0.1, 0.15) is 0 Å². The topological polar surface area (TPSA) is 86.2 Å². The maximum absolute atomic E-state index is 11.6. The summed E-state index contributed by atoms with van der Waals surface area (Å²) in [7, 11) is 0. The molecule has 0 saturated heterocycles. The lowest BCUT2D eigenvalue weighted by Crippen LogP contribution is -2.32. The highest BCUT2D eigenvalue weighted by molar-refractivity contribution is 6.02. The molecular weight excluding hydrogens is 240 g/mol. The Morgan fingerprint density at radius 1 is 1.11 bits per heavy atom. The standard InChI is InChI=1S/C15H14N2O2/c16-14(18)12-8-4-7-11(13(12)15(17)19)9-10-5-2-1-3-6-10/h1-9,13H,(H2,16,18)(H2,17,19). The number of benzene rings is 1. The zero-order valence-electron chi connectivity index (χ0n) is 10.2. The van der Waals surface area contributed by atoms with E-state index in [2.05, 4.69) is 0 Å². The Balaban J connectivity index is 2.44. The molecule has 0 fully saturated rings. The number of rotatable bonds is 3. The third kappa shape index (κ3) is 2.80. The number of carbonyl (C=O) groups excluding carboxylic acids is 2. The van der Waals surface area contributed by atoms with Gasteiger partial charge in [-0.3, -0.25) is 9.59 Å². The first-order valence-electron chi connectivity index (χ1n) is 5.83. The number of hydrogen-bond donors (Lipinski definition) is 2. The molecule has 2 rings (SSSR count). The van der Waals surface area contributed by atoms with Gasteiger partial charge in [-0.1, -0.05) is 54.6 Å². The smallest absolute Gasteiger partial charge is 0.245 e. The first kappa shape index (κ1) is 12.8. The van der Waals surface area contributed by atoms with Crippen LogP contribution in [-0.4, -0.2) is 11.8 Å². The van der Waals surface area contributed by atoms with Crippen molar-refractivity contribution in [3.05, 3.63) is 65.3 Å². The molecule has 0 aliphatic heterocycles. The van der Waals surface area contributed by atoms with Crippen molar-refractivity contribution in [2.75, 3.05) is 0 Å². The highest BCUT2D eigenvalue weighted by atomic mass is 16.2. The largest absolute Gasteiger partial charge is 0.369 e. The molecule has 19 heavy (non-hydrogen) atoms. The van der Waals surface area contributed by atoms with Gasteiger partial charge in [-0.25, -0.2) is 0 Å². The predicted molar refractivity (Wildman–Crippen MR) is 73.5 cm³/mol. The van der Waals surface area contributed by atoms with Crippen LogP contribution in [0.2, 0.25) is 0 Å². The van der Waals surface area contributed by atoms with Crippen molar-refractivity contribution in [1.29, 1.82) is 0 Å². The van der Waals surface area contributed by atoms with Gasteiger partial charge in [0.05, 0.1) is 5.92 Å². The number of hydrogen-bond acceptors (Lipinski definition) is 2. The van der Waals surface area contributed by atoms with E-state index in [1.807, 2.05) is 36.4 Å². The molecule has 0 radical (unpaired) electrons.